The highest BCUT2D eigenvalue weighted by Crippen LogP contribution is 2.39. The molecule has 0 aromatic heterocycles. The van der Waals surface area contributed by atoms with E-state index in [1.165, 1.54) is 11.8 Å². The Bertz CT molecular complexity index is 1410. The van der Waals surface area contributed by atoms with Crippen molar-refractivity contribution in [2.45, 2.75) is 24.1 Å². The number of aliphatic imine (C=N–C) groups is 1. The number of anilines is 1. The number of thioether (sulfide) groups is 1. The minimum atomic E-state index is -0.630. The summed E-state index contributed by atoms with van der Waals surface area (Å²) in [6.07, 6.45) is 0.619. The van der Waals surface area contributed by atoms with Gasteiger partial charge < -0.3 is 19.5 Å². The molecule has 2 amide bonds. The van der Waals surface area contributed by atoms with Crippen molar-refractivity contribution in [1.82, 2.24) is 5.01 Å². The number of carbonyl (C=O) groups is 2. The first-order valence-corrected chi connectivity index (χ1v) is 13.2. The third-order valence-electron chi connectivity index (χ3n) is 6.50. The van der Waals surface area contributed by atoms with Gasteiger partial charge in [0.1, 0.15) is 22.5 Å². The fourth-order valence-electron chi connectivity index (χ4n) is 4.39. The molecular formula is C29H28N4O5S. The van der Waals surface area contributed by atoms with Gasteiger partial charge in [0.15, 0.2) is 5.17 Å². The first kappa shape index (κ1) is 26.3. The number of nitrogens with zero attached hydrogens (tertiary/aromatic N) is 3. The average Bonchev–Trinajstić information content (AvgIpc) is 3.57. The quantitative estimate of drug-likeness (QED) is 0.431. The molecule has 0 radical (unpaired) electrons. The molecule has 2 aliphatic heterocycles. The lowest BCUT2D eigenvalue weighted by molar-refractivity contribution is -0.121. The molecule has 3 aromatic rings. The molecule has 0 unspecified atom stereocenters. The van der Waals surface area contributed by atoms with E-state index in [1.807, 2.05) is 48.5 Å². The molecule has 0 spiro atoms. The van der Waals surface area contributed by atoms with E-state index in [0.29, 0.717) is 23.0 Å². The molecular weight excluding hydrogens is 516 g/mol. The van der Waals surface area contributed by atoms with Gasteiger partial charge in [-0.25, -0.2) is 5.01 Å². The molecule has 0 saturated heterocycles. The number of rotatable bonds is 8. The Morgan fingerprint density at radius 3 is 2.05 bits per heavy atom. The van der Waals surface area contributed by atoms with Gasteiger partial charge in [-0.05, 0) is 71.8 Å². The minimum absolute atomic E-state index is 0.00137. The molecule has 9 nitrogen and oxygen atoms in total. The topological polar surface area (TPSA) is 102 Å². The maximum atomic E-state index is 12.9. The van der Waals surface area contributed by atoms with Gasteiger partial charge in [0.25, 0.3) is 5.91 Å². The van der Waals surface area contributed by atoms with Crippen LogP contribution in [0.1, 0.15) is 30.0 Å². The summed E-state index contributed by atoms with van der Waals surface area (Å²) in [5, 5.41) is 9.37. The zero-order chi connectivity index (χ0) is 27.4. The summed E-state index contributed by atoms with van der Waals surface area (Å²) in [6.45, 7) is 0. The van der Waals surface area contributed by atoms with Crippen LogP contribution in [0, 0.1) is 0 Å². The number of hydrazone groups is 1. The summed E-state index contributed by atoms with van der Waals surface area (Å²) in [7, 11) is 4.84. The van der Waals surface area contributed by atoms with Crippen LogP contribution in [0.15, 0.2) is 82.9 Å². The van der Waals surface area contributed by atoms with E-state index < -0.39 is 5.25 Å². The first-order chi connectivity index (χ1) is 19.0. The van der Waals surface area contributed by atoms with Crippen molar-refractivity contribution < 1.29 is 23.8 Å². The van der Waals surface area contributed by atoms with E-state index in [1.54, 1.807) is 50.6 Å². The molecule has 0 saturated carbocycles. The smallest absolute Gasteiger partial charge is 0.262 e. The van der Waals surface area contributed by atoms with Crippen LogP contribution in [-0.4, -0.2) is 54.3 Å². The molecule has 0 bridgehead atoms. The summed E-state index contributed by atoms with van der Waals surface area (Å²) < 4.78 is 15.8. The molecule has 2 aliphatic rings. The summed E-state index contributed by atoms with van der Waals surface area (Å²) in [4.78, 5) is 29.9. The van der Waals surface area contributed by atoms with E-state index in [-0.39, 0.29) is 24.3 Å². The Labute approximate surface area is 230 Å². The molecule has 1 N–H and O–H groups in total. The summed E-state index contributed by atoms with van der Waals surface area (Å²) in [6, 6.07) is 22.4. The van der Waals surface area contributed by atoms with Crippen molar-refractivity contribution in [3.05, 3.63) is 83.9 Å². The Kier molecular flexibility index (Phi) is 7.83. The van der Waals surface area contributed by atoms with Gasteiger partial charge in [0.05, 0.1) is 33.1 Å². The number of ether oxygens (including phenoxy) is 3. The third-order valence-corrected chi connectivity index (χ3v) is 7.65. The van der Waals surface area contributed by atoms with Gasteiger partial charge in [-0.15, -0.1) is 0 Å². The molecule has 2 heterocycles. The van der Waals surface area contributed by atoms with Gasteiger partial charge in [0, 0.05) is 18.5 Å². The number of amides is 2. The minimum Gasteiger partial charge on any atom is -0.497 e. The largest absolute Gasteiger partial charge is 0.497 e. The van der Waals surface area contributed by atoms with Crippen molar-refractivity contribution in [3.63, 3.8) is 0 Å². The molecule has 10 heteroatoms. The maximum Gasteiger partial charge on any atom is 0.262 e. The molecule has 2 atom stereocenters. The Hall–Kier alpha value is -4.31. The van der Waals surface area contributed by atoms with Crippen LogP contribution in [0.2, 0.25) is 0 Å². The van der Waals surface area contributed by atoms with E-state index in [0.717, 1.165) is 28.3 Å². The van der Waals surface area contributed by atoms with E-state index >= 15 is 0 Å². The lowest BCUT2D eigenvalue weighted by Gasteiger charge is -2.23. The van der Waals surface area contributed by atoms with Crippen molar-refractivity contribution in [3.8, 4) is 17.2 Å². The summed E-state index contributed by atoms with van der Waals surface area (Å²) in [5.41, 5.74) is 3.47. The van der Waals surface area contributed by atoms with Crippen LogP contribution in [-0.2, 0) is 9.59 Å². The van der Waals surface area contributed by atoms with Crippen LogP contribution in [0.25, 0.3) is 0 Å². The zero-order valence-corrected chi connectivity index (χ0v) is 22.6. The summed E-state index contributed by atoms with van der Waals surface area (Å²) in [5.74, 6) is 1.60. The molecule has 0 fully saturated rings. The predicted octanol–water partition coefficient (Wildman–Crippen LogP) is 4.89. The van der Waals surface area contributed by atoms with E-state index in [9.17, 15) is 9.59 Å². The number of hydrogen-bond donors (Lipinski definition) is 1. The highest BCUT2D eigenvalue weighted by molar-refractivity contribution is 8.15. The number of nitrogens with one attached hydrogen (secondary N) is 1. The van der Waals surface area contributed by atoms with Crippen LogP contribution in [0.4, 0.5) is 5.69 Å². The summed E-state index contributed by atoms with van der Waals surface area (Å²) >= 11 is 1.26. The fourth-order valence-corrected chi connectivity index (χ4v) is 5.45. The Morgan fingerprint density at radius 2 is 1.46 bits per heavy atom. The number of methoxy groups -OCH3 is 3. The number of hydrogen-bond acceptors (Lipinski definition) is 8. The predicted molar refractivity (Wildman–Crippen MR) is 152 cm³/mol. The monoisotopic (exact) mass is 544 g/mol. The molecule has 200 valence electrons. The van der Waals surface area contributed by atoms with Gasteiger partial charge in [0.2, 0.25) is 5.91 Å². The normalized spacial score (nSPS) is 18.4. The number of carbonyl (C=O) groups excluding carboxylic acids is 2. The second kappa shape index (κ2) is 11.6. The molecule has 0 aliphatic carbocycles. The van der Waals surface area contributed by atoms with E-state index in [4.69, 9.17) is 19.3 Å². The lowest BCUT2D eigenvalue weighted by atomic mass is 9.98. The Morgan fingerprint density at radius 1 is 0.897 bits per heavy atom. The highest BCUT2D eigenvalue weighted by atomic mass is 32.2. The van der Waals surface area contributed by atoms with Crippen LogP contribution in [0.5, 0.6) is 17.2 Å². The van der Waals surface area contributed by atoms with Gasteiger partial charge in [-0.1, -0.05) is 23.9 Å². The van der Waals surface area contributed by atoms with Crippen molar-refractivity contribution in [2.24, 2.45) is 10.1 Å². The maximum absolute atomic E-state index is 12.9. The van der Waals surface area contributed by atoms with Crippen LogP contribution >= 0.6 is 11.8 Å². The SMILES string of the molecule is COc1ccc(NC(=O)C[C@H]2SC(N3N=C(c4ccc(OC)cc4)C[C@H]3c3ccc(OC)cc3)=NC2=O)cc1. The van der Waals surface area contributed by atoms with Gasteiger partial charge >= 0.3 is 0 Å². The molecule has 3 aromatic carbocycles. The standard InChI is InChI=1S/C29H28N4O5S/c1-36-21-10-4-18(5-11-21)24-16-25(19-6-12-22(37-2)13-7-19)33(32-24)29-31-28(35)26(39-29)17-27(34)30-20-8-14-23(38-3)15-9-20/h4-15,25-26H,16-17H2,1-3H3,(H,30,34)/t25-,26+/m0/s1. The van der Waals surface area contributed by atoms with Crippen LogP contribution in [0.3, 0.4) is 0 Å². The number of amidine groups is 1. The Balaban J connectivity index is 1.33. The third kappa shape index (κ3) is 5.91. The van der Waals surface area contributed by atoms with Gasteiger partial charge in [-0.3, -0.25) is 9.59 Å². The molecule has 39 heavy (non-hydrogen) atoms. The van der Waals surface area contributed by atoms with Gasteiger partial charge in [-0.2, -0.15) is 10.1 Å². The van der Waals surface area contributed by atoms with Crippen molar-refractivity contribution >= 4 is 40.1 Å². The molecule has 5 rings (SSSR count). The van der Waals surface area contributed by atoms with Crippen LogP contribution < -0.4 is 19.5 Å². The van der Waals surface area contributed by atoms with E-state index in [2.05, 4.69) is 10.3 Å². The second-order valence-electron chi connectivity index (χ2n) is 8.93. The fraction of sp³-hybridized carbons (Fsp3) is 0.241. The highest BCUT2D eigenvalue weighted by Gasteiger charge is 2.39. The number of benzene rings is 3. The first-order valence-electron chi connectivity index (χ1n) is 12.4. The lowest BCUT2D eigenvalue weighted by Crippen LogP contribution is -2.25. The zero-order valence-electron chi connectivity index (χ0n) is 21.8. The second-order valence-corrected chi connectivity index (χ2v) is 10.1. The van der Waals surface area contributed by atoms with Crippen molar-refractivity contribution in [1.29, 1.82) is 0 Å². The van der Waals surface area contributed by atoms with Crippen molar-refractivity contribution in [2.75, 3.05) is 26.6 Å². The average molecular weight is 545 g/mol.